The molecule has 1 amide bonds. The Hall–Kier alpha value is -2.71. The van der Waals surface area contributed by atoms with Crippen LogP contribution in [-0.2, 0) is 25.4 Å². The van der Waals surface area contributed by atoms with E-state index in [9.17, 15) is 4.79 Å². The van der Waals surface area contributed by atoms with Gasteiger partial charge in [0.2, 0.25) is 18.5 Å². The molecule has 0 aromatic heterocycles. The van der Waals surface area contributed by atoms with E-state index in [1.165, 1.54) is 5.56 Å². The number of benzene rings is 1. The van der Waals surface area contributed by atoms with Crippen molar-refractivity contribution < 1.29 is 23.7 Å². The van der Waals surface area contributed by atoms with Gasteiger partial charge in [-0.1, -0.05) is 31.5 Å². The number of carbonyl (C=O) groups is 1. The van der Waals surface area contributed by atoms with Crippen LogP contribution in [0.2, 0.25) is 0 Å². The first-order valence-corrected chi connectivity index (χ1v) is 15.9. The Kier molecular flexibility index (Phi) is 14.5. The fourth-order valence-electron chi connectivity index (χ4n) is 5.98. The van der Waals surface area contributed by atoms with Crippen LogP contribution < -0.4 is 4.74 Å². The molecule has 0 saturated carbocycles. The van der Waals surface area contributed by atoms with E-state index in [0.29, 0.717) is 24.3 Å². The molecule has 0 radical (unpaired) electrons. The number of hydrogen-bond acceptors (Lipinski definition) is 7. The number of methoxy groups -OCH3 is 2. The second-order valence-electron chi connectivity index (χ2n) is 11.9. The predicted octanol–water partition coefficient (Wildman–Crippen LogP) is 5.84. The maximum absolute atomic E-state index is 13.7. The average Bonchev–Trinajstić information content (AvgIpc) is 3.47. The van der Waals surface area contributed by atoms with Crippen molar-refractivity contribution in [3.8, 4) is 5.75 Å². The molecule has 8 nitrogen and oxygen atoms in total. The molecule has 8 heteroatoms. The standard InChI is InChI=1S/C34H55N3O5/c1-7-8-22-36(23-12-21-35(3)4)33(38)25-37-24-28(18-20-32-34(27(2)39-5)42-26-41-32)17-19-30(37)15-11-14-29-13-9-10-16-31(29)40-6/h9-10,13,16,20,28,30H,7-8,11-12,14-15,17-19,21-26H2,1-6H3/b32-20+,34-27-. The fourth-order valence-corrected chi connectivity index (χ4v) is 5.98. The molecule has 2 aliphatic heterocycles. The minimum atomic E-state index is 0.225. The molecule has 1 aromatic carbocycles. The summed E-state index contributed by atoms with van der Waals surface area (Å²) >= 11 is 0. The zero-order valence-electron chi connectivity index (χ0n) is 27.0. The Balaban J connectivity index is 1.68. The number of nitrogens with zero attached hydrogens (tertiary/aromatic N) is 3. The summed E-state index contributed by atoms with van der Waals surface area (Å²) in [5, 5.41) is 0. The van der Waals surface area contributed by atoms with E-state index in [1.54, 1.807) is 14.2 Å². The number of piperidine rings is 1. The Labute approximate surface area is 254 Å². The fraction of sp³-hybridized carbons (Fsp3) is 0.676. The summed E-state index contributed by atoms with van der Waals surface area (Å²) in [4.78, 5) is 20.5. The number of amides is 1. The second-order valence-corrected chi connectivity index (χ2v) is 11.9. The lowest BCUT2D eigenvalue weighted by atomic mass is 9.87. The minimum Gasteiger partial charge on any atom is -0.497 e. The van der Waals surface area contributed by atoms with E-state index in [4.69, 9.17) is 18.9 Å². The van der Waals surface area contributed by atoms with Crippen LogP contribution in [0.5, 0.6) is 5.75 Å². The van der Waals surface area contributed by atoms with Gasteiger partial charge < -0.3 is 28.7 Å². The average molecular weight is 586 g/mol. The summed E-state index contributed by atoms with van der Waals surface area (Å²) in [6.07, 6.45) is 11.5. The van der Waals surface area contributed by atoms with E-state index >= 15 is 0 Å². The van der Waals surface area contributed by atoms with Crippen molar-refractivity contribution in [2.45, 2.75) is 77.7 Å². The predicted molar refractivity (Wildman–Crippen MR) is 168 cm³/mol. The number of hydrogen-bond donors (Lipinski definition) is 0. The third-order valence-electron chi connectivity index (χ3n) is 8.50. The zero-order chi connectivity index (χ0) is 30.3. The summed E-state index contributed by atoms with van der Waals surface area (Å²) < 4.78 is 22.3. The smallest absolute Gasteiger partial charge is 0.236 e. The van der Waals surface area contributed by atoms with Crippen LogP contribution in [0, 0.1) is 5.92 Å². The van der Waals surface area contributed by atoms with Crippen LogP contribution in [0.15, 0.2) is 47.6 Å². The third-order valence-corrected chi connectivity index (χ3v) is 8.50. The molecule has 236 valence electrons. The number of ether oxygens (including phenoxy) is 4. The van der Waals surface area contributed by atoms with Crippen LogP contribution in [0.4, 0.5) is 0 Å². The molecule has 1 aromatic rings. The lowest BCUT2D eigenvalue weighted by Crippen LogP contribution is -2.49. The Morgan fingerprint density at radius 3 is 2.60 bits per heavy atom. The van der Waals surface area contributed by atoms with Gasteiger partial charge in [0.05, 0.1) is 20.8 Å². The number of aryl methyl sites for hydroxylation is 1. The minimum absolute atomic E-state index is 0.225. The molecule has 42 heavy (non-hydrogen) atoms. The second kappa shape index (κ2) is 18.1. The number of unbranched alkanes of at least 4 members (excludes halogenated alkanes) is 1. The molecule has 0 N–H and O–H groups in total. The summed E-state index contributed by atoms with van der Waals surface area (Å²) in [7, 11) is 7.57. The van der Waals surface area contributed by atoms with Gasteiger partial charge in [0, 0.05) is 25.7 Å². The van der Waals surface area contributed by atoms with Gasteiger partial charge in [-0.05, 0) is 103 Å². The number of para-hydroxylation sites is 1. The first kappa shape index (κ1) is 33.8. The number of rotatable bonds is 17. The van der Waals surface area contributed by atoms with Crippen LogP contribution in [0.3, 0.4) is 0 Å². The topological polar surface area (TPSA) is 63.7 Å². The molecule has 0 bridgehead atoms. The molecule has 2 atom stereocenters. The summed E-state index contributed by atoms with van der Waals surface area (Å²) in [6, 6.07) is 8.70. The largest absolute Gasteiger partial charge is 0.497 e. The quantitative estimate of drug-likeness (QED) is 0.213. The highest BCUT2D eigenvalue weighted by molar-refractivity contribution is 5.78. The van der Waals surface area contributed by atoms with Crippen molar-refractivity contribution in [1.29, 1.82) is 0 Å². The molecule has 2 unspecified atom stereocenters. The number of carbonyl (C=O) groups excluding carboxylic acids is 1. The third kappa shape index (κ3) is 10.5. The first-order valence-electron chi connectivity index (χ1n) is 15.9. The van der Waals surface area contributed by atoms with Crippen LogP contribution in [0.1, 0.15) is 70.8 Å². The SMILES string of the molecule is CCCCN(CCCN(C)C)C(=O)CN1CC(C/C=C2/OCO/C2=C(/C)OC)CCC1CCCc1ccccc1OC. The summed E-state index contributed by atoms with van der Waals surface area (Å²) in [5.74, 6) is 3.87. The van der Waals surface area contributed by atoms with Gasteiger partial charge in [-0.3, -0.25) is 9.69 Å². The van der Waals surface area contributed by atoms with Gasteiger partial charge in [0.15, 0.2) is 5.76 Å². The molecule has 3 rings (SSSR count). The number of likely N-dealkylation sites (tertiary alicyclic amines) is 1. The van der Waals surface area contributed by atoms with E-state index < -0.39 is 0 Å². The maximum Gasteiger partial charge on any atom is 0.236 e. The molecular formula is C34H55N3O5. The van der Waals surface area contributed by atoms with Gasteiger partial charge >= 0.3 is 0 Å². The first-order chi connectivity index (χ1) is 20.4. The monoisotopic (exact) mass is 585 g/mol. The van der Waals surface area contributed by atoms with Gasteiger partial charge in [-0.15, -0.1) is 0 Å². The highest BCUT2D eigenvalue weighted by Gasteiger charge is 2.31. The van der Waals surface area contributed by atoms with Crippen molar-refractivity contribution in [1.82, 2.24) is 14.7 Å². The highest BCUT2D eigenvalue weighted by Crippen LogP contribution is 2.31. The molecule has 2 heterocycles. The molecule has 2 fully saturated rings. The van der Waals surface area contributed by atoms with Gasteiger partial charge in [-0.2, -0.15) is 0 Å². The van der Waals surface area contributed by atoms with Crippen molar-refractivity contribution in [3.63, 3.8) is 0 Å². The molecular weight excluding hydrogens is 530 g/mol. The van der Waals surface area contributed by atoms with E-state index in [-0.39, 0.29) is 12.7 Å². The highest BCUT2D eigenvalue weighted by atomic mass is 16.7. The van der Waals surface area contributed by atoms with Gasteiger partial charge in [-0.25, -0.2) is 0 Å². The van der Waals surface area contributed by atoms with Crippen molar-refractivity contribution in [2.75, 3.05) is 67.8 Å². The Bertz CT molecular complexity index is 1020. The molecule has 2 saturated heterocycles. The normalized spacial score (nSPS) is 21.3. The molecule has 0 spiro atoms. The van der Waals surface area contributed by atoms with Crippen LogP contribution in [0.25, 0.3) is 0 Å². The van der Waals surface area contributed by atoms with Gasteiger partial charge in [0.25, 0.3) is 0 Å². The summed E-state index contributed by atoms with van der Waals surface area (Å²) in [5.41, 5.74) is 1.25. The van der Waals surface area contributed by atoms with E-state index in [0.717, 1.165) is 101 Å². The molecule has 2 aliphatic rings. The molecule has 0 aliphatic carbocycles. The van der Waals surface area contributed by atoms with Crippen LogP contribution in [-0.4, -0.2) is 94.5 Å². The van der Waals surface area contributed by atoms with Gasteiger partial charge in [0.1, 0.15) is 11.5 Å². The van der Waals surface area contributed by atoms with Crippen molar-refractivity contribution >= 4 is 5.91 Å². The lowest BCUT2D eigenvalue weighted by molar-refractivity contribution is -0.134. The van der Waals surface area contributed by atoms with E-state index in [2.05, 4.69) is 53.9 Å². The van der Waals surface area contributed by atoms with Crippen LogP contribution >= 0.6 is 0 Å². The Morgan fingerprint density at radius 2 is 1.86 bits per heavy atom. The Morgan fingerprint density at radius 1 is 1.07 bits per heavy atom. The van der Waals surface area contributed by atoms with Crippen molar-refractivity contribution in [2.24, 2.45) is 5.92 Å². The zero-order valence-corrected chi connectivity index (χ0v) is 27.0. The lowest BCUT2D eigenvalue weighted by Gasteiger charge is -2.40. The summed E-state index contributed by atoms with van der Waals surface area (Å²) in [6.45, 7) is 8.38. The van der Waals surface area contributed by atoms with E-state index in [1.807, 2.05) is 19.1 Å². The maximum atomic E-state index is 13.7. The van der Waals surface area contributed by atoms with Crippen molar-refractivity contribution in [3.05, 3.63) is 53.2 Å². The number of allylic oxidation sites excluding steroid dienone is 2.